The summed E-state index contributed by atoms with van der Waals surface area (Å²) in [6.45, 7) is 5.57. The molecule has 0 aliphatic rings. The fourth-order valence-corrected chi connectivity index (χ4v) is 3.05. The number of aromatic nitrogens is 2. The minimum absolute atomic E-state index is 0.132. The van der Waals surface area contributed by atoms with Crippen molar-refractivity contribution in [2.24, 2.45) is 0 Å². The van der Waals surface area contributed by atoms with E-state index in [1.54, 1.807) is 19.1 Å². The number of carbonyl (C=O) groups is 1. The highest BCUT2D eigenvalue weighted by Crippen LogP contribution is 2.22. The average molecular weight is 334 g/mol. The molecule has 126 valence electrons. The molecule has 0 unspecified atom stereocenters. The summed E-state index contributed by atoms with van der Waals surface area (Å²) < 4.78 is 1.28. The van der Waals surface area contributed by atoms with E-state index in [0.717, 1.165) is 10.8 Å². The minimum atomic E-state index is -0.606. The molecule has 3 rings (SSSR count). The lowest BCUT2D eigenvalue weighted by Crippen LogP contribution is -2.37. The Kier molecular flexibility index (Phi) is 4.48. The van der Waals surface area contributed by atoms with E-state index >= 15 is 0 Å². The van der Waals surface area contributed by atoms with Crippen molar-refractivity contribution in [1.82, 2.24) is 9.55 Å². The molecule has 0 amide bonds. The molecule has 0 aliphatic heterocycles. The summed E-state index contributed by atoms with van der Waals surface area (Å²) in [5.74, 6) is -0.335. The Balaban J connectivity index is 2.35. The van der Waals surface area contributed by atoms with E-state index in [1.165, 1.54) is 10.6 Å². The van der Waals surface area contributed by atoms with Gasteiger partial charge in [0.1, 0.15) is 5.69 Å². The van der Waals surface area contributed by atoms with Crippen molar-refractivity contribution in [2.45, 2.75) is 19.9 Å². The Hall–Kier alpha value is -3.21. The van der Waals surface area contributed by atoms with Gasteiger partial charge in [-0.2, -0.15) is 0 Å². The van der Waals surface area contributed by atoms with E-state index in [0.29, 0.717) is 17.5 Å². The molecule has 0 saturated carbocycles. The van der Waals surface area contributed by atoms with Crippen LogP contribution in [-0.2, 0) is 13.0 Å². The first kappa shape index (κ1) is 16.6. The predicted molar refractivity (Wildman–Crippen MR) is 98.3 cm³/mol. The number of ketones is 1. The molecule has 3 aromatic rings. The summed E-state index contributed by atoms with van der Waals surface area (Å²) >= 11 is 0. The van der Waals surface area contributed by atoms with Gasteiger partial charge in [0.25, 0.3) is 5.56 Å². The zero-order chi connectivity index (χ0) is 18.0. The number of hydrogen-bond donors (Lipinski definition) is 1. The quantitative estimate of drug-likeness (QED) is 0.576. The number of H-pyrrole nitrogens is 1. The third-order valence-electron chi connectivity index (χ3n) is 4.21. The molecule has 5 heteroatoms. The fourth-order valence-electron chi connectivity index (χ4n) is 3.05. The normalized spacial score (nSPS) is 10.8. The molecule has 0 saturated heterocycles. The standard InChI is InChI=1S/C20H18N2O3/c1-3-12-22-17(14(4-2)19(24)21-20(22)25)18(23)16-11-7-9-13-8-5-6-10-15(13)16/h3,5-11H,1,4,12H2,2H3,(H,21,24,25). The average Bonchev–Trinajstić information content (AvgIpc) is 2.62. The fraction of sp³-hybridized carbons (Fsp3) is 0.150. The molecule has 0 radical (unpaired) electrons. The smallest absolute Gasteiger partial charge is 0.287 e. The summed E-state index contributed by atoms with van der Waals surface area (Å²) in [6.07, 6.45) is 1.87. The molecule has 25 heavy (non-hydrogen) atoms. The number of nitrogens with one attached hydrogen (secondary N) is 1. The minimum Gasteiger partial charge on any atom is -0.287 e. The second-order valence-electron chi connectivity index (χ2n) is 5.70. The van der Waals surface area contributed by atoms with Gasteiger partial charge in [0.15, 0.2) is 0 Å². The molecule has 0 bridgehead atoms. The maximum atomic E-state index is 13.3. The van der Waals surface area contributed by atoms with Crippen molar-refractivity contribution >= 4 is 16.6 Å². The molecule has 0 atom stereocenters. The number of carbonyl (C=O) groups excluding carboxylic acids is 1. The number of rotatable bonds is 5. The molecule has 5 nitrogen and oxygen atoms in total. The molecule has 1 N–H and O–H groups in total. The lowest BCUT2D eigenvalue weighted by atomic mass is 9.97. The zero-order valence-corrected chi connectivity index (χ0v) is 13.9. The van der Waals surface area contributed by atoms with Gasteiger partial charge >= 0.3 is 5.69 Å². The first-order valence-corrected chi connectivity index (χ1v) is 8.07. The van der Waals surface area contributed by atoms with Crippen LogP contribution < -0.4 is 11.2 Å². The monoisotopic (exact) mass is 334 g/mol. The third-order valence-corrected chi connectivity index (χ3v) is 4.21. The Bertz CT molecular complexity index is 1080. The molecule has 0 aliphatic carbocycles. The SMILES string of the molecule is C=CCn1c(C(=O)c2cccc3ccccc23)c(CC)c(=O)[nH]c1=O. The van der Waals surface area contributed by atoms with E-state index in [9.17, 15) is 14.4 Å². The highest BCUT2D eigenvalue weighted by molar-refractivity contribution is 6.16. The van der Waals surface area contributed by atoms with Crippen molar-refractivity contribution in [3.8, 4) is 0 Å². The van der Waals surface area contributed by atoms with Crippen LogP contribution in [0.1, 0.15) is 28.5 Å². The van der Waals surface area contributed by atoms with Gasteiger partial charge in [-0.05, 0) is 17.2 Å². The lowest BCUT2D eigenvalue weighted by molar-refractivity contribution is 0.102. The number of hydrogen-bond acceptors (Lipinski definition) is 3. The summed E-state index contributed by atoms with van der Waals surface area (Å²) in [5, 5.41) is 1.71. The molecule has 2 aromatic carbocycles. The van der Waals surface area contributed by atoms with E-state index in [4.69, 9.17) is 0 Å². The van der Waals surface area contributed by atoms with Crippen LogP contribution in [0, 0.1) is 0 Å². The van der Waals surface area contributed by atoms with Gasteiger partial charge in [-0.1, -0.05) is 55.5 Å². The number of nitrogens with zero attached hydrogens (tertiary/aromatic N) is 1. The van der Waals surface area contributed by atoms with Gasteiger partial charge < -0.3 is 0 Å². The highest BCUT2D eigenvalue weighted by Gasteiger charge is 2.22. The van der Waals surface area contributed by atoms with Crippen molar-refractivity contribution in [2.75, 3.05) is 0 Å². The maximum absolute atomic E-state index is 13.3. The lowest BCUT2D eigenvalue weighted by Gasteiger charge is -2.14. The Morgan fingerprint density at radius 2 is 1.88 bits per heavy atom. The maximum Gasteiger partial charge on any atom is 0.329 e. The van der Waals surface area contributed by atoms with E-state index in [2.05, 4.69) is 11.6 Å². The molecular formula is C20H18N2O3. The zero-order valence-electron chi connectivity index (χ0n) is 13.9. The van der Waals surface area contributed by atoms with Crippen molar-refractivity contribution in [3.05, 3.63) is 92.8 Å². The second kappa shape index (κ2) is 6.73. The van der Waals surface area contributed by atoms with Crippen LogP contribution in [0.3, 0.4) is 0 Å². The number of aromatic amines is 1. The summed E-state index contributed by atoms with van der Waals surface area (Å²) in [5.41, 5.74) is -0.218. The largest absolute Gasteiger partial charge is 0.329 e. The molecular weight excluding hydrogens is 316 g/mol. The van der Waals surface area contributed by atoms with E-state index < -0.39 is 11.2 Å². The number of allylic oxidation sites excluding steroid dienone is 1. The van der Waals surface area contributed by atoms with Gasteiger partial charge in [-0.15, -0.1) is 6.58 Å². The van der Waals surface area contributed by atoms with Crippen molar-refractivity contribution in [1.29, 1.82) is 0 Å². The van der Waals surface area contributed by atoms with Crippen molar-refractivity contribution < 1.29 is 4.79 Å². The Labute approximate surface area is 144 Å². The van der Waals surface area contributed by atoms with E-state index in [-0.39, 0.29) is 18.0 Å². The number of fused-ring (bicyclic) bond motifs is 1. The van der Waals surface area contributed by atoms with Crippen LogP contribution in [0.15, 0.2) is 64.7 Å². The van der Waals surface area contributed by atoms with Crippen LogP contribution >= 0.6 is 0 Å². The molecule has 0 spiro atoms. The predicted octanol–water partition coefficient (Wildman–Crippen LogP) is 2.67. The Morgan fingerprint density at radius 1 is 1.16 bits per heavy atom. The van der Waals surface area contributed by atoms with Crippen LogP contribution in [0.25, 0.3) is 10.8 Å². The molecule has 0 fully saturated rings. The molecule has 1 aromatic heterocycles. The third kappa shape index (κ3) is 2.85. The van der Waals surface area contributed by atoms with Gasteiger partial charge in [-0.25, -0.2) is 4.79 Å². The Morgan fingerprint density at radius 3 is 2.60 bits per heavy atom. The van der Waals surface area contributed by atoms with Crippen LogP contribution in [-0.4, -0.2) is 15.3 Å². The van der Waals surface area contributed by atoms with E-state index in [1.807, 2.05) is 30.3 Å². The second-order valence-corrected chi connectivity index (χ2v) is 5.70. The first-order valence-electron chi connectivity index (χ1n) is 8.07. The highest BCUT2D eigenvalue weighted by atomic mass is 16.2. The van der Waals surface area contributed by atoms with Crippen molar-refractivity contribution in [3.63, 3.8) is 0 Å². The molecule has 1 heterocycles. The topological polar surface area (TPSA) is 71.9 Å². The first-order chi connectivity index (χ1) is 12.1. The van der Waals surface area contributed by atoms with Gasteiger partial charge in [0.05, 0.1) is 0 Å². The van der Waals surface area contributed by atoms with Crippen LogP contribution in [0.5, 0.6) is 0 Å². The summed E-state index contributed by atoms with van der Waals surface area (Å²) in [6, 6.07) is 13.0. The number of benzene rings is 2. The summed E-state index contributed by atoms with van der Waals surface area (Å²) in [4.78, 5) is 40.0. The van der Waals surface area contributed by atoms with Crippen LogP contribution in [0.2, 0.25) is 0 Å². The van der Waals surface area contributed by atoms with Gasteiger partial charge in [0.2, 0.25) is 5.78 Å². The van der Waals surface area contributed by atoms with Gasteiger partial charge in [0, 0.05) is 17.7 Å². The summed E-state index contributed by atoms with van der Waals surface area (Å²) in [7, 11) is 0. The van der Waals surface area contributed by atoms with Crippen LogP contribution in [0.4, 0.5) is 0 Å². The van der Waals surface area contributed by atoms with Gasteiger partial charge in [-0.3, -0.25) is 19.1 Å².